The van der Waals surface area contributed by atoms with Gasteiger partial charge in [0.25, 0.3) is 5.56 Å². The molecule has 1 aromatic carbocycles. The fraction of sp³-hybridized carbons (Fsp3) is 0.318. The molecule has 3 N–H and O–H groups in total. The Hall–Kier alpha value is -3.55. The molecule has 3 heterocycles. The van der Waals surface area contributed by atoms with Gasteiger partial charge in [-0.2, -0.15) is 5.10 Å². The summed E-state index contributed by atoms with van der Waals surface area (Å²) in [6.45, 7) is 4.12. The van der Waals surface area contributed by atoms with Gasteiger partial charge in [0.2, 0.25) is 5.91 Å². The fourth-order valence-corrected chi connectivity index (χ4v) is 3.73. The third-order valence-corrected chi connectivity index (χ3v) is 5.24. The van der Waals surface area contributed by atoms with Crippen LogP contribution in [0, 0.1) is 5.92 Å². The molecule has 1 saturated heterocycles. The summed E-state index contributed by atoms with van der Waals surface area (Å²) < 4.78 is 6.35. The van der Waals surface area contributed by atoms with Crippen LogP contribution >= 0.6 is 0 Å². The number of nitrogens with two attached hydrogens (primary N) is 1. The average molecular weight is 407 g/mol. The quantitative estimate of drug-likeness (QED) is 0.673. The SMILES string of the molecule is C[C@@H]1CCCN(c2ccc(NC(=O)Cn3nc(-c4ccco4)cc(N)c3=O)cc2)C1. The molecule has 0 radical (unpaired) electrons. The van der Waals surface area contributed by atoms with Crippen molar-refractivity contribution in [1.82, 2.24) is 9.78 Å². The molecule has 1 atom stereocenters. The summed E-state index contributed by atoms with van der Waals surface area (Å²) in [4.78, 5) is 27.1. The lowest BCUT2D eigenvalue weighted by atomic mass is 10.00. The molecule has 3 aromatic rings. The molecule has 8 nitrogen and oxygen atoms in total. The number of nitrogen functional groups attached to an aromatic ring is 1. The number of nitrogens with zero attached hydrogens (tertiary/aromatic N) is 3. The smallest absolute Gasteiger partial charge is 0.290 e. The molecule has 156 valence electrons. The molecule has 0 spiro atoms. The normalized spacial score (nSPS) is 16.4. The van der Waals surface area contributed by atoms with Gasteiger partial charge in [-0.15, -0.1) is 0 Å². The third kappa shape index (κ3) is 4.37. The molecule has 2 aromatic heterocycles. The van der Waals surface area contributed by atoms with E-state index in [0.29, 0.717) is 23.1 Å². The molecule has 0 unspecified atom stereocenters. The van der Waals surface area contributed by atoms with Gasteiger partial charge in [-0.1, -0.05) is 6.92 Å². The highest BCUT2D eigenvalue weighted by atomic mass is 16.3. The average Bonchev–Trinajstić information content (AvgIpc) is 3.27. The minimum absolute atomic E-state index is 0.00399. The van der Waals surface area contributed by atoms with Gasteiger partial charge in [-0.05, 0) is 61.2 Å². The Morgan fingerprint density at radius 3 is 2.80 bits per heavy atom. The Morgan fingerprint density at radius 2 is 2.10 bits per heavy atom. The van der Waals surface area contributed by atoms with E-state index in [1.165, 1.54) is 25.2 Å². The van der Waals surface area contributed by atoms with Gasteiger partial charge in [0.05, 0.1) is 6.26 Å². The van der Waals surface area contributed by atoms with Gasteiger partial charge in [-0.25, -0.2) is 4.68 Å². The van der Waals surface area contributed by atoms with Crippen LogP contribution in [0.25, 0.3) is 11.5 Å². The van der Waals surface area contributed by atoms with Crippen molar-refractivity contribution in [2.24, 2.45) is 5.92 Å². The molecular weight excluding hydrogens is 382 g/mol. The van der Waals surface area contributed by atoms with Crippen molar-refractivity contribution in [2.45, 2.75) is 26.3 Å². The van der Waals surface area contributed by atoms with Crippen LogP contribution in [0.1, 0.15) is 19.8 Å². The molecule has 8 heteroatoms. The number of hydrogen-bond donors (Lipinski definition) is 2. The lowest BCUT2D eigenvalue weighted by molar-refractivity contribution is -0.117. The van der Waals surface area contributed by atoms with Gasteiger partial charge >= 0.3 is 0 Å². The number of piperidine rings is 1. The second-order valence-corrected chi connectivity index (χ2v) is 7.71. The van der Waals surface area contributed by atoms with Crippen molar-refractivity contribution in [2.75, 3.05) is 29.0 Å². The van der Waals surface area contributed by atoms with Crippen LogP contribution < -0.4 is 21.5 Å². The highest BCUT2D eigenvalue weighted by Crippen LogP contribution is 2.24. The summed E-state index contributed by atoms with van der Waals surface area (Å²) in [5, 5.41) is 7.01. The summed E-state index contributed by atoms with van der Waals surface area (Å²) >= 11 is 0. The molecular formula is C22H25N5O3. The van der Waals surface area contributed by atoms with Gasteiger partial charge in [0.1, 0.15) is 17.9 Å². The first kappa shape index (κ1) is 19.8. The van der Waals surface area contributed by atoms with Crippen LogP contribution in [0.15, 0.2) is 57.9 Å². The summed E-state index contributed by atoms with van der Waals surface area (Å²) in [5.41, 5.74) is 7.49. The Labute approximate surface area is 174 Å². The minimum Gasteiger partial charge on any atom is -0.463 e. The van der Waals surface area contributed by atoms with E-state index >= 15 is 0 Å². The zero-order valence-corrected chi connectivity index (χ0v) is 16.9. The summed E-state index contributed by atoms with van der Waals surface area (Å²) in [6, 6.07) is 12.6. The molecule has 0 bridgehead atoms. The summed E-state index contributed by atoms with van der Waals surface area (Å²) in [7, 11) is 0. The number of anilines is 3. The zero-order valence-electron chi connectivity index (χ0n) is 16.9. The first-order chi connectivity index (χ1) is 14.5. The largest absolute Gasteiger partial charge is 0.463 e. The molecule has 1 amide bonds. The molecule has 30 heavy (non-hydrogen) atoms. The Balaban J connectivity index is 1.44. The van der Waals surface area contributed by atoms with Crippen LogP contribution in [0.5, 0.6) is 0 Å². The molecule has 0 saturated carbocycles. The molecule has 1 aliphatic heterocycles. The first-order valence-corrected chi connectivity index (χ1v) is 10.1. The minimum atomic E-state index is -0.518. The van der Waals surface area contributed by atoms with Crippen LogP contribution in [0.3, 0.4) is 0 Å². The maximum Gasteiger partial charge on any atom is 0.290 e. The topological polar surface area (TPSA) is 106 Å². The van der Waals surface area contributed by atoms with Crippen molar-refractivity contribution >= 4 is 23.0 Å². The van der Waals surface area contributed by atoms with E-state index in [4.69, 9.17) is 10.2 Å². The number of amides is 1. The second-order valence-electron chi connectivity index (χ2n) is 7.71. The van der Waals surface area contributed by atoms with Crippen LogP contribution in [0.2, 0.25) is 0 Å². The molecule has 0 aliphatic carbocycles. The van der Waals surface area contributed by atoms with Gasteiger partial charge in [-0.3, -0.25) is 9.59 Å². The lowest BCUT2D eigenvalue weighted by Gasteiger charge is -2.32. The number of carbonyl (C=O) groups excluding carboxylic acids is 1. The highest BCUT2D eigenvalue weighted by molar-refractivity contribution is 5.90. The van der Waals surface area contributed by atoms with Crippen LogP contribution in [-0.4, -0.2) is 28.8 Å². The number of carbonyl (C=O) groups is 1. The summed E-state index contributed by atoms with van der Waals surface area (Å²) in [6.07, 6.45) is 3.97. The summed E-state index contributed by atoms with van der Waals surface area (Å²) in [5.74, 6) is 0.798. The predicted molar refractivity (Wildman–Crippen MR) is 116 cm³/mol. The number of hydrogen-bond acceptors (Lipinski definition) is 6. The number of furan rings is 1. The van der Waals surface area contributed by atoms with Crippen LogP contribution in [-0.2, 0) is 11.3 Å². The highest BCUT2D eigenvalue weighted by Gasteiger charge is 2.17. The van der Waals surface area contributed by atoms with E-state index in [1.54, 1.807) is 12.1 Å². The maximum absolute atomic E-state index is 12.5. The van der Waals surface area contributed by atoms with Crippen molar-refractivity contribution in [3.63, 3.8) is 0 Å². The molecule has 1 fully saturated rings. The van der Waals surface area contributed by atoms with Crippen molar-refractivity contribution in [3.8, 4) is 11.5 Å². The molecule has 4 rings (SSSR count). The van der Waals surface area contributed by atoms with E-state index in [0.717, 1.165) is 23.5 Å². The Morgan fingerprint density at radius 1 is 1.30 bits per heavy atom. The standard InChI is InChI=1S/C22H25N5O3/c1-15-4-2-10-26(13-15)17-8-6-16(7-9-17)24-21(28)14-27-22(29)18(23)12-19(25-27)20-5-3-11-30-20/h3,5-9,11-12,15H,2,4,10,13-14,23H2,1H3,(H,24,28)/t15-/m1/s1. The van der Waals surface area contributed by atoms with E-state index < -0.39 is 5.56 Å². The van der Waals surface area contributed by atoms with Crippen molar-refractivity contribution in [3.05, 3.63) is 59.1 Å². The van der Waals surface area contributed by atoms with Crippen molar-refractivity contribution in [1.29, 1.82) is 0 Å². The number of aromatic nitrogens is 2. The van der Waals surface area contributed by atoms with E-state index in [9.17, 15) is 9.59 Å². The second kappa shape index (κ2) is 8.44. The lowest BCUT2D eigenvalue weighted by Crippen LogP contribution is -2.34. The Kier molecular flexibility index (Phi) is 5.56. The first-order valence-electron chi connectivity index (χ1n) is 10.1. The predicted octanol–water partition coefficient (Wildman–Crippen LogP) is 2.96. The van der Waals surface area contributed by atoms with Gasteiger partial charge in [0, 0.05) is 24.5 Å². The zero-order chi connectivity index (χ0) is 21.1. The van der Waals surface area contributed by atoms with E-state index in [1.807, 2.05) is 24.3 Å². The molecule has 1 aliphatic rings. The van der Waals surface area contributed by atoms with Crippen molar-refractivity contribution < 1.29 is 9.21 Å². The van der Waals surface area contributed by atoms with E-state index in [-0.39, 0.29) is 18.1 Å². The Bertz CT molecular complexity index is 1070. The number of rotatable bonds is 5. The third-order valence-electron chi connectivity index (χ3n) is 5.24. The monoisotopic (exact) mass is 407 g/mol. The van der Waals surface area contributed by atoms with E-state index in [2.05, 4.69) is 22.2 Å². The van der Waals surface area contributed by atoms with Gasteiger partial charge in [0.15, 0.2) is 5.76 Å². The maximum atomic E-state index is 12.5. The number of benzene rings is 1. The van der Waals surface area contributed by atoms with Gasteiger partial charge < -0.3 is 20.4 Å². The van der Waals surface area contributed by atoms with Crippen LogP contribution in [0.4, 0.5) is 17.1 Å². The fourth-order valence-electron chi connectivity index (χ4n) is 3.73. The number of nitrogens with one attached hydrogen (secondary N) is 1.